The smallest absolute Gasteiger partial charge is 0.242 e. The number of sulfonamides is 1. The van der Waals surface area contributed by atoms with Crippen molar-refractivity contribution >= 4 is 44.0 Å². The fourth-order valence-electron chi connectivity index (χ4n) is 3.00. The van der Waals surface area contributed by atoms with Gasteiger partial charge in [-0.2, -0.15) is 4.31 Å². The molecule has 1 heterocycles. The lowest BCUT2D eigenvalue weighted by atomic mass is 10.1. The molecule has 7 heteroatoms. The van der Waals surface area contributed by atoms with Crippen molar-refractivity contribution in [1.82, 2.24) is 9.29 Å². The summed E-state index contributed by atoms with van der Waals surface area (Å²) in [5.74, 6) is 0. The van der Waals surface area contributed by atoms with Crippen LogP contribution in [-0.4, -0.2) is 24.3 Å². The van der Waals surface area contributed by atoms with Crippen LogP contribution in [0.5, 0.6) is 0 Å². The number of aromatic nitrogens is 1. The number of rotatable bonds is 5. The lowest BCUT2D eigenvalue weighted by Gasteiger charge is -2.27. The van der Waals surface area contributed by atoms with Gasteiger partial charge in [0.1, 0.15) is 5.15 Å². The van der Waals surface area contributed by atoms with E-state index >= 15 is 0 Å². The predicted molar refractivity (Wildman–Crippen MR) is 106 cm³/mol. The van der Waals surface area contributed by atoms with Gasteiger partial charge in [-0.3, -0.25) is 0 Å². The molecular weight excluding hydrogens is 391 g/mol. The lowest BCUT2D eigenvalue weighted by Crippen LogP contribution is -2.33. The zero-order valence-corrected chi connectivity index (χ0v) is 16.7. The molecule has 1 atom stereocenters. The minimum atomic E-state index is -3.72. The summed E-state index contributed by atoms with van der Waals surface area (Å²) >= 11 is 12.3. The molecule has 0 spiro atoms. The van der Waals surface area contributed by atoms with Crippen LogP contribution in [0.15, 0.2) is 59.6 Å². The van der Waals surface area contributed by atoms with Gasteiger partial charge in [-0.1, -0.05) is 66.5 Å². The van der Waals surface area contributed by atoms with Gasteiger partial charge in [-0.05, 0) is 24.6 Å². The standard InChI is InChI=1S/C19H18Cl2N2O2S/c1-3-23(13(2)14-7-5-4-6-8-14)26(24,25)15-9-10-16-17(11-15)19(21)22-12-18(16)20/h4-13H,3H2,1-2H3/t13-/m1/s1. The molecule has 26 heavy (non-hydrogen) atoms. The number of pyridine rings is 1. The number of halogens is 2. The molecule has 0 aliphatic heterocycles. The van der Waals surface area contributed by atoms with E-state index in [0.717, 1.165) is 5.56 Å². The first-order chi connectivity index (χ1) is 12.4. The second kappa shape index (κ2) is 7.53. The van der Waals surface area contributed by atoms with E-state index in [0.29, 0.717) is 22.3 Å². The number of hydrogen-bond acceptors (Lipinski definition) is 3. The third-order valence-corrected chi connectivity index (χ3v) is 7.04. The number of benzene rings is 2. The summed E-state index contributed by atoms with van der Waals surface area (Å²) in [4.78, 5) is 4.17. The van der Waals surface area contributed by atoms with Gasteiger partial charge >= 0.3 is 0 Å². The van der Waals surface area contributed by atoms with Crippen LogP contribution in [0.25, 0.3) is 10.8 Å². The van der Waals surface area contributed by atoms with Crippen molar-refractivity contribution in [3.8, 4) is 0 Å². The summed E-state index contributed by atoms with van der Waals surface area (Å²) in [6, 6.07) is 14.0. The van der Waals surface area contributed by atoms with Gasteiger partial charge in [-0.15, -0.1) is 0 Å². The molecule has 1 aromatic heterocycles. The first-order valence-electron chi connectivity index (χ1n) is 8.16. The predicted octanol–water partition coefficient (Wildman–Crippen LogP) is 5.31. The van der Waals surface area contributed by atoms with Gasteiger partial charge in [0.25, 0.3) is 0 Å². The Hall–Kier alpha value is -1.66. The van der Waals surface area contributed by atoms with Crippen molar-refractivity contribution in [2.24, 2.45) is 0 Å². The maximum Gasteiger partial charge on any atom is 0.243 e. The van der Waals surface area contributed by atoms with Crippen LogP contribution in [-0.2, 0) is 10.0 Å². The van der Waals surface area contributed by atoms with Crippen molar-refractivity contribution in [3.05, 3.63) is 70.5 Å². The van der Waals surface area contributed by atoms with Crippen molar-refractivity contribution in [1.29, 1.82) is 0 Å². The molecule has 0 saturated carbocycles. The average molecular weight is 409 g/mol. The first kappa shape index (κ1) is 19.1. The highest BCUT2D eigenvalue weighted by molar-refractivity contribution is 7.89. The van der Waals surface area contributed by atoms with Crippen LogP contribution in [0.3, 0.4) is 0 Å². The zero-order valence-electron chi connectivity index (χ0n) is 14.4. The van der Waals surface area contributed by atoms with E-state index in [2.05, 4.69) is 4.98 Å². The molecule has 0 fully saturated rings. The maximum absolute atomic E-state index is 13.2. The Morgan fingerprint density at radius 1 is 1.08 bits per heavy atom. The molecule has 2 aromatic carbocycles. The average Bonchev–Trinajstić information content (AvgIpc) is 2.65. The normalized spacial score (nSPS) is 13.3. The number of nitrogens with zero attached hydrogens (tertiary/aromatic N) is 2. The van der Waals surface area contributed by atoms with Gasteiger partial charge in [-0.25, -0.2) is 13.4 Å². The van der Waals surface area contributed by atoms with Crippen LogP contribution in [0.1, 0.15) is 25.5 Å². The monoisotopic (exact) mass is 408 g/mol. The van der Waals surface area contributed by atoms with Gasteiger partial charge < -0.3 is 0 Å². The van der Waals surface area contributed by atoms with Gasteiger partial charge in [0.2, 0.25) is 10.0 Å². The van der Waals surface area contributed by atoms with Crippen molar-refractivity contribution in [3.63, 3.8) is 0 Å². The largest absolute Gasteiger partial charge is 0.243 e. The number of hydrogen-bond donors (Lipinski definition) is 0. The molecule has 0 amide bonds. The molecule has 3 rings (SSSR count). The first-order valence-corrected chi connectivity index (χ1v) is 10.4. The third kappa shape index (κ3) is 3.45. The Bertz CT molecular complexity index is 1040. The van der Waals surface area contributed by atoms with Crippen molar-refractivity contribution in [2.75, 3.05) is 6.54 Å². The van der Waals surface area contributed by atoms with E-state index < -0.39 is 10.0 Å². The zero-order chi connectivity index (χ0) is 18.9. The quantitative estimate of drug-likeness (QED) is 0.537. The van der Waals surface area contributed by atoms with Crippen LogP contribution >= 0.6 is 23.2 Å². The van der Waals surface area contributed by atoms with Crippen LogP contribution < -0.4 is 0 Å². The fraction of sp³-hybridized carbons (Fsp3) is 0.211. The summed E-state index contributed by atoms with van der Waals surface area (Å²) in [5, 5.41) is 1.84. The minimum Gasteiger partial charge on any atom is -0.242 e. The second-order valence-corrected chi connectivity index (χ2v) is 8.56. The SMILES string of the molecule is CCN([C@H](C)c1ccccc1)S(=O)(=O)c1ccc2c(Cl)cnc(Cl)c2c1. The molecule has 0 bridgehead atoms. The van der Waals surface area contributed by atoms with E-state index in [-0.39, 0.29) is 16.1 Å². The molecule has 0 aliphatic carbocycles. The topological polar surface area (TPSA) is 50.3 Å². The molecule has 0 N–H and O–H groups in total. The molecule has 3 aromatic rings. The van der Waals surface area contributed by atoms with E-state index in [1.54, 1.807) is 12.1 Å². The third-order valence-electron chi connectivity index (χ3n) is 4.39. The Kier molecular flexibility index (Phi) is 5.53. The van der Waals surface area contributed by atoms with Gasteiger partial charge in [0.05, 0.1) is 9.92 Å². The number of fused-ring (bicyclic) bond motifs is 1. The fourth-order valence-corrected chi connectivity index (χ4v) is 5.07. The molecule has 0 radical (unpaired) electrons. The highest BCUT2D eigenvalue weighted by Crippen LogP contribution is 2.32. The van der Waals surface area contributed by atoms with E-state index in [9.17, 15) is 8.42 Å². The minimum absolute atomic E-state index is 0.167. The van der Waals surface area contributed by atoms with Crippen molar-refractivity contribution < 1.29 is 8.42 Å². The van der Waals surface area contributed by atoms with E-state index in [1.165, 1.54) is 16.6 Å². The second-order valence-electron chi connectivity index (χ2n) is 5.90. The van der Waals surface area contributed by atoms with Crippen LogP contribution in [0, 0.1) is 0 Å². The van der Waals surface area contributed by atoms with Gasteiger partial charge in [0, 0.05) is 29.6 Å². The molecule has 0 unspecified atom stereocenters. The maximum atomic E-state index is 13.2. The molecule has 0 saturated heterocycles. The Labute approximate surface area is 163 Å². The summed E-state index contributed by atoms with van der Waals surface area (Å²) in [6.07, 6.45) is 1.45. The molecule has 0 aliphatic rings. The van der Waals surface area contributed by atoms with Crippen LogP contribution in [0.2, 0.25) is 10.2 Å². The summed E-state index contributed by atoms with van der Waals surface area (Å²) in [5.41, 5.74) is 0.932. The Morgan fingerprint density at radius 2 is 1.77 bits per heavy atom. The molecule has 136 valence electrons. The lowest BCUT2D eigenvalue weighted by molar-refractivity contribution is 0.357. The van der Waals surface area contributed by atoms with Crippen molar-refractivity contribution in [2.45, 2.75) is 24.8 Å². The Balaban J connectivity index is 2.09. The summed E-state index contributed by atoms with van der Waals surface area (Å²) in [6.45, 7) is 4.05. The Morgan fingerprint density at radius 3 is 2.42 bits per heavy atom. The van der Waals surface area contributed by atoms with Gasteiger partial charge in [0.15, 0.2) is 0 Å². The highest BCUT2D eigenvalue weighted by atomic mass is 35.5. The van der Waals surface area contributed by atoms with E-state index in [4.69, 9.17) is 23.2 Å². The highest BCUT2D eigenvalue weighted by Gasteiger charge is 2.29. The summed E-state index contributed by atoms with van der Waals surface area (Å²) < 4.78 is 28.0. The molecule has 4 nitrogen and oxygen atoms in total. The van der Waals surface area contributed by atoms with Crippen LogP contribution in [0.4, 0.5) is 0 Å². The summed E-state index contributed by atoms with van der Waals surface area (Å²) in [7, 11) is -3.72. The van der Waals surface area contributed by atoms with E-state index in [1.807, 2.05) is 44.2 Å². The molecular formula is C19H18Cl2N2O2S.